The van der Waals surface area contributed by atoms with Crippen LogP contribution < -0.4 is 14.2 Å². The van der Waals surface area contributed by atoms with Gasteiger partial charge in [0.2, 0.25) is 5.78 Å². The Morgan fingerprint density at radius 1 is 1.11 bits per heavy atom. The number of nitro groups is 1. The second-order valence-corrected chi connectivity index (χ2v) is 8.58. The molecule has 2 aliphatic rings. The van der Waals surface area contributed by atoms with Crippen molar-refractivity contribution in [2.45, 2.75) is 19.9 Å². The Labute approximate surface area is 202 Å². The third-order valence-electron chi connectivity index (χ3n) is 6.28. The van der Waals surface area contributed by atoms with Gasteiger partial charge >= 0.3 is 0 Å². The molecule has 178 valence electrons. The lowest BCUT2D eigenvalue weighted by atomic mass is 10.00. The van der Waals surface area contributed by atoms with E-state index in [9.17, 15) is 14.9 Å². The normalized spacial score (nSPS) is 15.8. The van der Waals surface area contributed by atoms with Crippen LogP contribution in [-0.2, 0) is 13.0 Å². The molecule has 0 spiro atoms. The molecule has 0 saturated heterocycles. The standard InChI is InChI=1S/C27H24N2O6/c1-17-26-20(15-28(16-34-26)12-11-18-5-9-22(33-2)10-6-18)14-23-25(30)24(35-27(17)23)13-19-3-7-21(8-4-19)29(31)32/h3-10,13-14H,11-12,15-16H2,1-2H3/b24-13-. The number of carbonyl (C=O) groups excluding carboxylic acids is 1. The molecule has 8 heteroatoms. The summed E-state index contributed by atoms with van der Waals surface area (Å²) in [6.07, 6.45) is 2.48. The molecule has 3 aromatic carbocycles. The van der Waals surface area contributed by atoms with Crippen molar-refractivity contribution in [1.82, 2.24) is 4.90 Å². The maximum Gasteiger partial charge on any atom is 0.269 e. The minimum Gasteiger partial charge on any atom is -0.497 e. The van der Waals surface area contributed by atoms with Gasteiger partial charge in [-0.05, 0) is 60.9 Å². The number of hydrogen-bond acceptors (Lipinski definition) is 7. The van der Waals surface area contributed by atoms with E-state index < -0.39 is 4.92 Å². The SMILES string of the molecule is COc1ccc(CCN2COc3c(cc4c(c3C)O/C(=C\c3ccc([N+](=O)[O-])cc3)C4=O)C2)cc1. The molecule has 0 radical (unpaired) electrons. The molecule has 0 aromatic heterocycles. The number of ether oxygens (including phenoxy) is 3. The first kappa shape index (κ1) is 22.6. The highest BCUT2D eigenvalue weighted by atomic mass is 16.6. The summed E-state index contributed by atoms with van der Waals surface area (Å²) < 4.78 is 17.2. The van der Waals surface area contributed by atoms with Crippen LogP contribution in [0.1, 0.15) is 32.6 Å². The van der Waals surface area contributed by atoms with Crippen molar-refractivity contribution in [3.05, 3.63) is 98.3 Å². The van der Waals surface area contributed by atoms with Crippen LogP contribution in [0.15, 0.2) is 60.4 Å². The molecule has 0 amide bonds. The van der Waals surface area contributed by atoms with Gasteiger partial charge in [0, 0.05) is 36.3 Å². The van der Waals surface area contributed by atoms with Crippen molar-refractivity contribution < 1.29 is 23.9 Å². The number of nitrogens with zero attached hydrogens (tertiary/aromatic N) is 2. The fraction of sp³-hybridized carbons (Fsp3) is 0.222. The first-order chi connectivity index (χ1) is 16.9. The molecule has 0 atom stereocenters. The molecule has 0 aliphatic carbocycles. The fourth-order valence-electron chi connectivity index (χ4n) is 4.36. The summed E-state index contributed by atoms with van der Waals surface area (Å²) in [6, 6.07) is 15.9. The van der Waals surface area contributed by atoms with Crippen LogP contribution in [0.5, 0.6) is 17.2 Å². The van der Waals surface area contributed by atoms with Crippen molar-refractivity contribution in [3.63, 3.8) is 0 Å². The largest absolute Gasteiger partial charge is 0.497 e. The lowest BCUT2D eigenvalue weighted by Gasteiger charge is -2.30. The number of Topliss-reactive ketones (excluding diaryl/α,β-unsaturated/α-hetero) is 1. The molecular weight excluding hydrogens is 448 g/mol. The van der Waals surface area contributed by atoms with Gasteiger partial charge in [0.15, 0.2) is 5.76 Å². The average Bonchev–Trinajstić information content (AvgIpc) is 3.18. The topological polar surface area (TPSA) is 91.1 Å². The summed E-state index contributed by atoms with van der Waals surface area (Å²) in [5.41, 5.74) is 4.12. The number of benzene rings is 3. The molecule has 0 unspecified atom stereocenters. The number of allylic oxidation sites excluding steroid dienone is 1. The van der Waals surface area contributed by atoms with Gasteiger partial charge in [-0.3, -0.25) is 19.8 Å². The van der Waals surface area contributed by atoms with E-state index in [1.165, 1.54) is 17.7 Å². The molecule has 0 bridgehead atoms. The highest BCUT2D eigenvalue weighted by Crippen LogP contribution is 2.43. The highest BCUT2D eigenvalue weighted by Gasteiger charge is 2.33. The van der Waals surface area contributed by atoms with E-state index in [-0.39, 0.29) is 17.2 Å². The van der Waals surface area contributed by atoms with Crippen LogP contribution >= 0.6 is 0 Å². The maximum atomic E-state index is 13.1. The molecule has 8 nitrogen and oxygen atoms in total. The molecule has 2 heterocycles. The van der Waals surface area contributed by atoms with Crippen molar-refractivity contribution in [1.29, 1.82) is 0 Å². The van der Waals surface area contributed by atoms with E-state index in [1.54, 1.807) is 25.3 Å². The zero-order chi connectivity index (χ0) is 24.5. The van der Waals surface area contributed by atoms with E-state index >= 15 is 0 Å². The van der Waals surface area contributed by atoms with Crippen LogP contribution in [-0.4, -0.2) is 36.0 Å². The fourth-order valence-corrected chi connectivity index (χ4v) is 4.36. The number of methoxy groups -OCH3 is 1. The van der Waals surface area contributed by atoms with Crippen molar-refractivity contribution in [2.75, 3.05) is 20.4 Å². The lowest BCUT2D eigenvalue weighted by molar-refractivity contribution is -0.384. The first-order valence-corrected chi connectivity index (χ1v) is 11.3. The first-order valence-electron chi connectivity index (χ1n) is 11.3. The van der Waals surface area contributed by atoms with Crippen LogP contribution in [0.25, 0.3) is 6.08 Å². The number of hydrogen-bond donors (Lipinski definition) is 0. The van der Waals surface area contributed by atoms with E-state index in [1.807, 2.05) is 25.1 Å². The molecule has 35 heavy (non-hydrogen) atoms. The average molecular weight is 472 g/mol. The second-order valence-electron chi connectivity index (χ2n) is 8.58. The molecule has 0 saturated carbocycles. The van der Waals surface area contributed by atoms with E-state index in [2.05, 4.69) is 17.0 Å². The number of nitro benzene ring substituents is 1. The smallest absolute Gasteiger partial charge is 0.269 e. The van der Waals surface area contributed by atoms with Gasteiger partial charge in [0.05, 0.1) is 17.6 Å². The highest BCUT2D eigenvalue weighted by molar-refractivity contribution is 6.15. The van der Waals surface area contributed by atoms with Crippen LogP contribution in [0.4, 0.5) is 5.69 Å². The number of rotatable bonds is 6. The minimum absolute atomic E-state index is 0.00804. The van der Waals surface area contributed by atoms with Gasteiger partial charge < -0.3 is 14.2 Å². The van der Waals surface area contributed by atoms with Gasteiger partial charge in [-0.15, -0.1) is 0 Å². The maximum absolute atomic E-state index is 13.1. The number of non-ortho nitro benzene ring substituents is 1. The van der Waals surface area contributed by atoms with Crippen LogP contribution in [0, 0.1) is 17.0 Å². The summed E-state index contributed by atoms with van der Waals surface area (Å²) in [5, 5.41) is 10.9. The molecule has 5 rings (SSSR count). The van der Waals surface area contributed by atoms with E-state index in [0.29, 0.717) is 30.2 Å². The molecule has 3 aromatic rings. The Kier molecular flexibility index (Phi) is 5.96. The van der Waals surface area contributed by atoms with Crippen molar-refractivity contribution in [3.8, 4) is 17.2 Å². The Hall–Kier alpha value is -4.17. The monoisotopic (exact) mass is 472 g/mol. The van der Waals surface area contributed by atoms with Crippen molar-refractivity contribution in [2.24, 2.45) is 0 Å². The molecule has 0 fully saturated rings. The summed E-state index contributed by atoms with van der Waals surface area (Å²) in [5.74, 6) is 2.08. The van der Waals surface area contributed by atoms with Gasteiger partial charge in [-0.25, -0.2) is 0 Å². The van der Waals surface area contributed by atoms with E-state index in [4.69, 9.17) is 14.2 Å². The minimum atomic E-state index is -0.460. The number of carbonyl (C=O) groups is 1. The molecule has 2 aliphatic heterocycles. The Morgan fingerprint density at radius 2 is 1.86 bits per heavy atom. The zero-order valence-corrected chi connectivity index (χ0v) is 19.4. The number of fused-ring (bicyclic) bond motifs is 2. The summed E-state index contributed by atoms with van der Waals surface area (Å²) >= 11 is 0. The lowest BCUT2D eigenvalue weighted by Crippen LogP contribution is -2.34. The van der Waals surface area contributed by atoms with E-state index in [0.717, 1.165) is 35.6 Å². The quantitative estimate of drug-likeness (QED) is 0.286. The Bertz CT molecular complexity index is 1330. The molecular formula is C27H24N2O6. The Balaban J connectivity index is 1.32. The van der Waals surface area contributed by atoms with Gasteiger partial charge in [-0.2, -0.15) is 0 Å². The summed E-state index contributed by atoms with van der Waals surface area (Å²) in [4.78, 5) is 25.7. The third-order valence-corrected chi connectivity index (χ3v) is 6.28. The summed E-state index contributed by atoms with van der Waals surface area (Å²) in [6.45, 7) is 3.85. The summed E-state index contributed by atoms with van der Waals surface area (Å²) in [7, 11) is 1.65. The van der Waals surface area contributed by atoms with Crippen LogP contribution in [0.3, 0.4) is 0 Å². The third kappa shape index (κ3) is 4.48. The van der Waals surface area contributed by atoms with Gasteiger partial charge in [0.25, 0.3) is 5.69 Å². The molecule has 0 N–H and O–H groups in total. The number of ketones is 1. The zero-order valence-electron chi connectivity index (χ0n) is 19.4. The Morgan fingerprint density at radius 3 is 2.54 bits per heavy atom. The van der Waals surface area contributed by atoms with Gasteiger partial charge in [0.1, 0.15) is 24.0 Å². The van der Waals surface area contributed by atoms with Gasteiger partial charge in [-0.1, -0.05) is 12.1 Å². The van der Waals surface area contributed by atoms with Crippen LogP contribution in [0.2, 0.25) is 0 Å². The second kappa shape index (κ2) is 9.23. The predicted molar refractivity (Wildman–Crippen MR) is 130 cm³/mol. The predicted octanol–water partition coefficient (Wildman–Crippen LogP) is 4.92. The van der Waals surface area contributed by atoms with Crippen molar-refractivity contribution >= 4 is 17.5 Å².